The van der Waals surface area contributed by atoms with Crippen molar-refractivity contribution in [3.8, 4) is 0 Å². The van der Waals surface area contributed by atoms with Crippen molar-refractivity contribution in [3.63, 3.8) is 0 Å². The van der Waals surface area contributed by atoms with Crippen LogP contribution < -0.4 is 0 Å². The zero-order chi connectivity index (χ0) is 7.14. The first-order valence-electron chi connectivity index (χ1n) is 3.31. The summed E-state index contributed by atoms with van der Waals surface area (Å²) in [4.78, 5) is 0. The van der Waals surface area contributed by atoms with Crippen LogP contribution in [0.15, 0.2) is 0 Å². The molecule has 2 saturated heterocycles. The van der Waals surface area contributed by atoms with Gasteiger partial charge in [0.2, 0.25) is 0 Å². The van der Waals surface area contributed by atoms with Crippen LogP contribution in [0.4, 0.5) is 0 Å². The van der Waals surface area contributed by atoms with E-state index in [0.29, 0.717) is 3.97 Å². The Balaban J connectivity index is 2.08. The fourth-order valence-corrected chi connectivity index (χ4v) is 5.39. The Morgan fingerprint density at radius 3 is 2.80 bits per heavy atom. The summed E-state index contributed by atoms with van der Waals surface area (Å²) < 4.78 is 11.9. The second kappa shape index (κ2) is 2.62. The summed E-state index contributed by atoms with van der Waals surface area (Å²) in [7, 11) is 1.64. The van der Waals surface area contributed by atoms with Crippen molar-refractivity contribution in [2.24, 2.45) is 0 Å². The first kappa shape index (κ1) is 7.33. The summed E-state index contributed by atoms with van der Waals surface area (Å²) in [5.74, 6) is 0. The third kappa shape index (κ3) is 0.910. The summed E-state index contributed by atoms with van der Waals surface area (Å²) in [6.45, 7) is 0. The van der Waals surface area contributed by atoms with Crippen LogP contribution in [0.25, 0.3) is 0 Å². The molecular formula is C6H10O3Te. The van der Waals surface area contributed by atoms with E-state index in [0.717, 1.165) is 4.47 Å². The first-order valence-corrected chi connectivity index (χ1v) is 6.30. The molecule has 2 heterocycles. The zero-order valence-corrected chi connectivity index (χ0v) is 8.02. The van der Waals surface area contributed by atoms with Crippen LogP contribution >= 0.6 is 0 Å². The number of ether oxygens (including phenoxy) is 2. The SMILES string of the molecule is CO[C@H]1O[C@@H]2C[Te][C@H]1[C@@H]2O. The van der Waals surface area contributed by atoms with E-state index in [-0.39, 0.29) is 39.4 Å². The molecule has 0 aromatic heterocycles. The molecule has 4 atom stereocenters. The zero-order valence-electron chi connectivity index (χ0n) is 5.69. The number of hydrogen-bond donors (Lipinski definition) is 1. The third-order valence-corrected chi connectivity index (χ3v) is 6.00. The van der Waals surface area contributed by atoms with Gasteiger partial charge >= 0.3 is 69.5 Å². The molecule has 0 aromatic rings. The molecule has 0 amide bonds. The average Bonchev–Trinajstić information content (AvgIpc) is 2.46. The minimum absolute atomic E-state index is 0.0257. The fraction of sp³-hybridized carbons (Fsp3) is 1.00. The predicted molar refractivity (Wildman–Crippen MR) is 36.0 cm³/mol. The maximum atomic E-state index is 9.46. The number of fused-ring (bicyclic) bond motifs is 2. The van der Waals surface area contributed by atoms with Crippen molar-refractivity contribution in [2.45, 2.75) is 26.9 Å². The number of aliphatic hydroxyl groups is 1. The van der Waals surface area contributed by atoms with Gasteiger partial charge in [-0.05, 0) is 0 Å². The maximum absolute atomic E-state index is 9.46. The molecule has 0 unspecified atom stereocenters. The molecule has 1 N–H and O–H groups in total. The topological polar surface area (TPSA) is 38.7 Å². The molecule has 2 bridgehead atoms. The van der Waals surface area contributed by atoms with E-state index in [4.69, 9.17) is 9.47 Å². The molecule has 2 rings (SSSR count). The van der Waals surface area contributed by atoms with Crippen LogP contribution in [0.3, 0.4) is 0 Å². The Morgan fingerprint density at radius 1 is 1.70 bits per heavy atom. The van der Waals surface area contributed by atoms with E-state index in [1.54, 1.807) is 7.11 Å². The first-order chi connectivity index (χ1) is 4.83. The molecule has 58 valence electrons. The summed E-state index contributed by atoms with van der Waals surface area (Å²) >= 11 is -0.0257. The molecule has 3 nitrogen and oxygen atoms in total. The van der Waals surface area contributed by atoms with Crippen LogP contribution in [-0.2, 0) is 9.47 Å². The summed E-state index contributed by atoms with van der Waals surface area (Å²) in [5, 5.41) is 9.46. The molecular weight excluding hydrogens is 248 g/mol. The van der Waals surface area contributed by atoms with Gasteiger partial charge in [0.05, 0.1) is 0 Å². The normalized spacial score (nSPS) is 52.2. The van der Waals surface area contributed by atoms with Gasteiger partial charge < -0.3 is 0 Å². The van der Waals surface area contributed by atoms with Gasteiger partial charge in [-0.25, -0.2) is 0 Å². The van der Waals surface area contributed by atoms with Gasteiger partial charge in [-0.2, -0.15) is 0 Å². The Labute approximate surface area is 69.8 Å². The number of rotatable bonds is 1. The summed E-state index contributed by atoms with van der Waals surface area (Å²) in [6, 6.07) is 0. The molecule has 0 radical (unpaired) electrons. The number of aliphatic hydroxyl groups excluding tert-OH is 1. The van der Waals surface area contributed by atoms with Gasteiger partial charge in [-0.1, -0.05) is 0 Å². The average molecular weight is 258 g/mol. The molecule has 0 spiro atoms. The molecule has 2 aliphatic heterocycles. The van der Waals surface area contributed by atoms with E-state index < -0.39 is 0 Å². The Morgan fingerprint density at radius 2 is 2.50 bits per heavy atom. The van der Waals surface area contributed by atoms with Crippen LogP contribution in [0.2, 0.25) is 8.43 Å². The predicted octanol–water partition coefficient (Wildman–Crippen LogP) is -0.357. The van der Waals surface area contributed by atoms with E-state index in [1.165, 1.54) is 0 Å². The standard InChI is InChI=1S/C6H10O3Te/c1-8-6-5-4(7)3(9-6)2-10-5/h3-7H,2H2,1H3/t3-,4-,5+,6+/m1/s1. The van der Waals surface area contributed by atoms with Gasteiger partial charge in [0.15, 0.2) is 0 Å². The Hall–Kier alpha value is 0.670. The molecule has 2 aliphatic rings. The molecule has 0 aliphatic carbocycles. The van der Waals surface area contributed by atoms with Gasteiger partial charge in [0.25, 0.3) is 0 Å². The second-order valence-corrected chi connectivity index (χ2v) is 6.02. The second-order valence-electron chi connectivity index (χ2n) is 2.57. The van der Waals surface area contributed by atoms with Crippen molar-refractivity contribution in [2.75, 3.05) is 7.11 Å². The van der Waals surface area contributed by atoms with Crippen molar-refractivity contribution in [1.29, 1.82) is 0 Å². The van der Waals surface area contributed by atoms with E-state index in [2.05, 4.69) is 0 Å². The van der Waals surface area contributed by atoms with Crippen LogP contribution in [0, 0.1) is 0 Å². The summed E-state index contributed by atoms with van der Waals surface area (Å²) in [6.07, 6.45) is -0.194. The molecule has 10 heavy (non-hydrogen) atoms. The third-order valence-electron chi connectivity index (χ3n) is 1.98. The summed E-state index contributed by atoms with van der Waals surface area (Å²) in [5.41, 5.74) is 0. The minimum atomic E-state index is -0.215. The van der Waals surface area contributed by atoms with Gasteiger partial charge in [-0.3, -0.25) is 0 Å². The van der Waals surface area contributed by atoms with Crippen molar-refractivity contribution in [3.05, 3.63) is 0 Å². The fourth-order valence-electron chi connectivity index (χ4n) is 1.41. The van der Waals surface area contributed by atoms with Crippen molar-refractivity contribution >= 4 is 20.9 Å². The number of methoxy groups -OCH3 is 1. The van der Waals surface area contributed by atoms with Crippen LogP contribution in [-0.4, -0.2) is 51.6 Å². The van der Waals surface area contributed by atoms with Crippen molar-refractivity contribution < 1.29 is 14.6 Å². The number of hydrogen-bond acceptors (Lipinski definition) is 3. The Kier molecular flexibility index (Phi) is 1.92. The molecule has 0 aromatic carbocycles. The van der Waals surface area contributed by atoms with Crippen LogP contribution in [0.5, 0.6) is 0 Å². The van der Waals surface area contributed by atoms with Gasteiger partial charge in [0.1, 0.15) is 0 Å². The van der Waals surface area contributed by atoms with E-state index in [9.17, 15) is 5.11 Å². The van der Waals surface area contributed by atoms with E-state index in [1.807, 2.05) is 0 Å². The quantitative estimate of drug-likeness (QED) is 0.653. The molecule has 4 heteroatoms. The Bertz CT molecular complexity index is 141. The van der Waals surface area contributed by atoms with E-state index >= 15 is 0 Å². The van der Waals surface area contributed by atoms with Crippen LogP contribution in [0.1, 0.15) is 0 Å². The molecule has 2 fully saturated rings. The van der Waals surface area contributed by atoms with Gasteiger partial charge in [0, 0.05) is 0 Å². The monoisotopic (exact) mass is 260 g/mol. The molecule has 0 saturated carbocycles. The van der Waals surface area contributed by atoms with Gasteiger partial charge in [-0.15, -0.1) is 0 Å². The van der Waals surface area contributed by atoms with Crippen molar-refractivity contribution in [1.82, 2.24) is 0 Å².